The summed E-state index contributed by atoms with van der Waals surface area (Å²) in [7, 11) is 6.05. The number of rotatable bonds is 14. The fraction of sp³-hybridized carbons (Fsp3) is 0.412. The molecule has 44 heavy (non-hydrogen) atoms. The van der Waals surface area contributed by atoms with Crippen LogP contribution in [0.5, 0.6) is 23.0 Å². The molecule has 0 aliphatic heterocycles. The van der Waals surface area contributed by atoms with Gasteiger partial charge in [0.15, 0.2) is 11.5 Å². The lowest BCUT2D eigenvalue weighted by Gasteiger charge is -2.30. The van der Waals surface area contributed by atoms with Gasteiger partial charge >= 0.3 is 12.1 Å². The average molecular weight is 610 g/mol. The lowest BCUT2D eigenvalue weighted by atomic mass is 9.94. The van der Waals surface area contributed by atoms with Crippen molar-refractivity contribution < 1.29 is 43.1 Å². The van der Waals surface area contributed by atoms with Crippen molar-refractivity contribution in [3.63, 3.8) is 0 Å². The molecule has 1 atom stereocenters. The molecule has 0 radical (unpaired) electrons. The maximum absolute atomic E-state index is 12.9. The SMILES string of the molecule is COc1ccc(COCc2c(C[C@@H](C(=O)O)N(C)C(=O)OC(C)(C)C)c(OC)c(C)c(OC)c2OCc2ccccc2)cc1. The number of carboxylic acid groups (broad SMARTS) is 1. The molecule has 0 saturated carbocycles. The van der Waals surface area contributed by atoms with Gasteiger partial charge in [-0.05, 0) is 51.0 Å². The van der Waals surface area contributed by atoms with E-state index in [0.29, 0.717) is 33.9 Å². The van der Waals surface area contributed by atoms with Gasteiger partial charge < -0.3 is 33.5 Å². The second-order valence-electron chi connectivity index (χ2n) is 11.2. The van der Waals surface area contributed by atoms with Gasteiger partial charge in [-0.3, -0.25) is 4.90 Å². The number of carbonyl (C=O) groups excluding carboxylic acids is 1. The van der Waals surface area contributed by atoms with Crippen LogP contribution in [-0.2, 0) is 40.5 Å². The number of amides is 1. The maximum Gasteiger partial charge on any atom is 0.410 e. The van der Waals surface area contributed by atoms with Crippen molar-refractivity contribution in [2.24, 2.45) is 0 Å². The minimum absolute atomic E-state index is 0.0426. The molecule has 1 N–H and O–H groups in total. The lowest BCUT2D eigenvalue weighted by Crippen LogP contribution is -2.46. The quantitative estimate of drug-likeness (QED) is 0.229. The summed E-state index contributed by atoms with van der Waals surface area (Å²) >= 11 is 0. The molecule has 3 rings (SSSR count). The molecule has 0 aliphatic rings. The number of hydrogen-bond acceptors (Lipinski definition) is 8. The number of carboxylic acids is 1. The summed E-state index contributed by atoms with van der Waals surface area (Å²) in [5, 5.41) is 10.3. The van der Waals surface area contributed by atoms with Crippen LogP contribution in [0.3, 0.4) is 0 Å². The summed E-state index contributed by atoms with van der Waals surface area (Å²) in [5.74, 6) is 0.793. The molecule has 10 nitrogen and oxygen atoms in total. The average Bonchev–Trinajstić information content (AvgIpc) is 2.99. The van der Waals surface area contributed by atoms with Crippen LogP contribution >= 0.6 is 0 Å². The molecule has 0 aromatic heterocycles. The van der Waals surface area contributed by atoms with E-state index >= 15 is 0 Å². The fourth-order valence-corrected chi connectivity index (χ4v) is 4.72. The highest BCUT2D eigenvalue weighted by Gasteiger charge is 2.34. The number of ether oxygens (including phenoxy) is 6. The van der Waals surface area contributed by atoms with Crippen LogP contribution in [0.2, 0.25) is 0 Å². The van der Waals surface area contributed by atoms with Crippen LogP contribution in [0.1, 0.15) is 48.6 Å². The van der Waals surface area contributed by atoms with E-state index in [4.69, 9.17) is 28.4 Å². The van der Waals surface area contributed by atoms with Gasteiger partial charge in [0.05, 0.1) is 34.5 Å². The standard InChI is InChI=1S/C34H43NO9/c1-22-29(40-7)26(18-28(32(36)37)35(5)33(38)44-34(2,3)4)27(21-42-19-24-14-16-25(39-6)17-15-24)31(30(22)41-8)43-20-23-12-10-9-11-13-23/h9-17,28H,18-21H2,1-8H3,(H,36,37)/t28-/m0/s1. The Kier molecular flexibility index (Phi) is 11.9. The molecule has 0 heterocycles. The number of aliphatic carboxylic acids is 1. The summed E-state index contributed by atoms with van der Waals surface area (Å²) in [4.78, 5) is 26.6. The number of likely N-dealkylation sites (N-methyl/N-ethyl adjacent to an activating group) is 1. The van der Waals surface area contributed by atoms with Gasteiger partial charge in [0.25, 0.3) is 0 Å². The van der Waals surface area contributed by atoms with E-state index in [1.54, 1.807) is 27.9 Å². The highest BCUT2D eigenvalue weighted by molar-refractivity contribution is 5.81. The first-order valence-electron chi connectivity index (χ1n) is 14.2. The van der Waals surface area contributed by atoms with E-state index in [0.717, 1.165) is 21.8 Å². The molecule has 0 fully saturated rings. The van der Waals surface area contributed by atoms with E-state index in [1.165, 1.54) is 21.3 Å². The maximum atomic E-state index is 12.9. The number of hydrogen-bond donors (Lipinski definition) is 1. The van der Waals surface area contributed by atoms with Crippen LogP contribution < -0.4 is 18.9 Å². The Bertz CT molecular complexity index is 1400. The first kappa shape index (κ1) is 34.1. The third-order valence-electron chi connectivity index (χ3n) is 6.94. The fourth-order valence-electron chi connectivity index (χ4n) is 4.72. The molecular weight excluding hydrogens is 566 g/mol. The molecule has 238 valence electrons. The second kappa shape index (κ2) is 15.3. The number of methoxy groups -OCH3 is 3. The summed E-state index contributed by atoms with van der Waals surface area (Å²) in [5.41, 5.74) is 2.74. The van der Waals surface area contributed by atoms with Crippen LogP contribution in [0, 0.1) is 6.92 Å². The zero-order valence-corrected chi connectivity index (χ0v) is 26.8. The van der Waals surface area contributed by atoms with Crippen molar-refractivity contribution in [3.8, 4) is 23.0 Å². The van der Waals surface area contributed by atoms with Crippen molar-refractivity contribution in [2.75, 3.05) is 28.4 Å². The van der Waals surface area contributed by atoms with Crippen molar-refractivity contribution in [3.05, 3.63) is 82.4 Å². The van der Waals surface area contributed by atoms with Crippen molar-refractivity contribution >= 4 is 12.1 Å². The van der Waals surface area contributed by atoms with E-state index in [9.17, 15) is 14.7 Å². The minimum atomic E-state index is -1.28. The zero-order chi connectivity index (χ0) is 32.4. The van der Waals surface area contributed by atoms with Gasteiger partial charge in [0.2, 0.25) is 0 Å². The molecule has 3 aromatic rings. The summed E-state index contributed by atoms with van der Waals surface area (Å²) in [6.45, 7) is 7.51. The normalized spacial score (nSPS) is 11.8. The number of nitrogens with zero attached hydrogens (tertiary/aromatic N) is 1. The van der Waals surface area contributed by atoms with Crippen LogP contribution in [-0.4, -0.2) is 62.1 Å². The predicted octanol–water partition coefficient (Wildman–Crippen LogP) is 6.18. The van der Waals surface area contributed by atoms with E-state index in [-0.39, 0.29) is 26.2 Å². The Morgan fingerprint density at radius 1 is 0.795 bits per heavy atom. The van der Waals surface area contributed by atoms with Crippen molar-refractivity contribution in [1.29, 1.82) is 0 Å². The Balaban J connectivity index is 2.10. The molecule has 1 amide bonds. The zero-order valence-electron chi connectivity index (χ0n) is 26.8. The van der Waals surface area contributed by atoms with Gasteiger partial charge in [0.1, 0.15) is 29.7 Å². The van der Waals surface area contributed by atoms with Crippen molar-refractivity contribution in [1.82, 2.24) is 4.90 Å². The van der Waals surface area contributed by atoms with Gasteiger partial charge in [-0.15, -0.1) is 0 Å². The Hall–Kier alpha value is -4.44. The summed E-state index contributed by atoms with van der Waals surface area (Å²) in [6.07, 6.45) is -0.867. The molecule has 0 saturated heterocycles. The largest absolute Gasteiger partial charge is 0.497 e. The smallest absolute Gasteiger partial charge is 0.410 e. The first-order chi connectivity index (χ1) is 20.9. The third-order valence-corrected chi connectivity index (χ3v) is 6.94. The molecule has 0 spiro atoms. The summed E-state index contributed by atoms with van der Waals surface area (Å²) in [6, 6.07) is 15.9. The highest BCUT2D eigenvalue weighted by atomic mass is 16.6. The third kappa shape index (κ3) is 8.79. The molecule has 10 heteroatoms. The monoisotopic (exact) mass is 609 g/mol. The lowest BCUT2D eigenvalue weighted by molar-refractivity contribution is -0.142. The van der Waals surface area contributed by atoms with E-state index < -0.39 is 23.7 Å². The highest BCUT2D eigenvalue weighted by Crippen LogP contribution is 2.45. The topological polar surface area (TPSA) is 113 Å². The van der Waals surface area contributed by atoms with Gasteiger partial charge in [-0.25, -0.2) is 9.59 Å². The Morgan fingerprint density at radius 2 is 1.41 bits per heavy atom. The Labute approximate surface area is 259 Å². The Morgan fingerprint density at radius 3 is 1.95 bits per heavy atom. The molecular formula is C34H43NO9. The van der Waals surface area contributed by atoms with Crippen LogP contribution in [0.15, 0.2) is 54.6 Å². The summed E-state index contributed by atoms with van der Waals surface area (Å²) < 4.78 is 34.9. The van der Waals surface area contributed by atoms with Gasteiger partial charge in [-0.2, -0.15) is 0 Å². The second-order valence-corrected chi connectivity index (χ2v) is 11.2. The van der Waals surface area contributed by atoms with Gasteiger partial charge in [0, 0.05) is 30.2 Å². The molecule has 0 unspecified atom stereocenters. The minimum Gasteiger partial charge on any atom is -0.497 e. The van der Waals surface area contributed by atoms with E-state index in [2.05, 4.69) is 0 Å². The molecule has 0 bridgehead atoms. The van der Waals surface area contributed by atoms with Crippen LogP contribution in [0.25, 0.3) is 0 Å². The first-order valence-corrected chi connectivity index (χ1v) is 14.2. The predicted molar refractivity (Wildman–Crippen MR) is 166 cm³/mol. The molecule has 3 aromatic carbocycles. The van der Waals surface area contributed by atoms with Crippen LogP contribution in [0.4, 0.5) is 4.79 Å². The number of carbonyl (C=O) groups is 2. The molecule has 0 aliphatic carbocycles. The van der Waals surface area contributed by atoms with Crippen molar-refractivity contribution in [2.45, 2.75) is 65.6 Å². The van der Waals surface area contributed by atoms with Gasteiger partial charge in [-0.1, -0.05) is 42.5 Å². The number of benzene rings is 3. The van der Waals surface area contributed by atoms with E-state index in [1.807, 2.05) is 61.5 Å².